The van der Waals surface area contributed by atoms with Gasteiger partial charge >= 0.3 is 11.9 Å². The molecule has 0 spiro atoms. The lowest BCUT2D eigenvalue weighted by Crippen LogP contribution is -2.21. The third-order valence-electron chi connectivity index (χ3n) is 3.73. The van der Waals surface area contributed by atoms with E-state index >= 15 is 0 Å². The van der Waals surface area contributed by atoms with Crippen LogP contribution in [0.3, 0.4) is 0 Å². The molecule has 132 valence electrons. The second-order valence-corrected chi connectivity index (χ2v) is 7.27. The van der Waals surface area contributed by atoms with Crippen molar-refractivity contribution in [3.8, 4) is 11.5 Å². The summed E-state index contributed by atoms with van der Waals surface area (Å²) in [5, 5.41) is 13.0. The Hall–Kier alpha value is -2.38. The molecule has 0 unspecified atom stereocenters. The second kappa shape index (κ2) is 7.47. The Morgan fingerprint density at radius 3 is 2.31 bits per heavy atom. The fraction of sp³-hybridized carbons (Fsp3) is 0.0526. The number of carboxylic acid groups (broad SMARTS) is 1. The number of benzene rings is 3. The largest absolute Gasteiger partial charge is 0.474 e. The zero-order chi connectivity index (χ0) is 18.8. The van der Waals surface area contributed by atoms with Crippen LogP contribution in [0.4, 0.5) is 5.69 Å². The molecule has 3 rings (SSSR count). The Bertz CT molecular complexity index is 1010. The molecule has 0 fully saturated rings. The van der Waals surface area contributed by atoms with Gasteiger partial charge in [0.1, 0.15) is 5.75 Å². The predicted octanol–water partition coefficient (Wildman–Crippen LogP) is 5.49. The molecular weight excluding hydrogens is 466 g/mol. The molecule has 26 heavy (non-hydrogen) atoms. The number of hydrogen-bond donors (Lipinski definition) is 2. The van der Waals surface area contributed by atoms with Crippen LogP contribution in [0.5, 0.6) is 11.5 Å². The van der Waals surface area contributed by atoms with Crippen LogP contribution in [0, 0.1) is 6.92 Å². The molecule has 0 aliphatic rings. The molecule has 5 nitrogen and oxygen atoms in total. The van der Waals surface area contributed by atoms with Crippen molar-refractivity contribution in [2.75, 3.05) is 5.32 Å². The molecule has 0 radical (unpaired) electrons. The highest BCUT2D eigenvalue weighted by atomic mass is 79.9. The minimum Gasteiger partial charge on any atom is -0.474 e. The first-order valence-electron chi connectivity index (χ1n) is 7.56. The van der Waals surface area contributed by atoms with E-state index in [9.17, 15) is 9.59 Å². The summed E-state index contributed by atoms with van der Waals surface area (Å²) in [6.45, 7) is 1.96. The maximum absolute atomic E-state index is 11.3. The Labute approximate surface area is 166 Å². The first kappa shape index (κ1) is 18.4. The van der Waals surface area contributed by atoms with Crippen LogP contribution < -0.4 is 10.1 Å². The monoisotopic (exact) mass is 477 g/mol. The van der Waals surface area contributed by atoms with E-state index in [0.717, 1.165) is 22.1 Å². The maximum Gasteiger partial charge on any atom is 0.394 e. The Morgan fingerprint density at radius 1 is 1.00 bits per heavy atom. The number of amides is 1. The number of rotatable bonds is 3. The van der Waals surface area contributed by atoms with Crippen LogP contribution in [0.1, 0.15) is 5.56 Å². The summed E-state index contributed by atoms with van der Waals surface area (Å²) in [5.74, 6) is -1.41. The van der Waals surface area contributed by atoms with E-state index < -0.39 is 11.9 Å². The number of aliphatic carboxylic acids is 1. The van der Waals surface area contributed by atoms with Gasteiger partial charge in [-0.15, -0.1) is 0 Å². The van der Waals surface area contributed by atoms with Gasteiger partial charge in [-0.25, -0.2) is 4.79 Å². The summed E-state index contributed by atoms with van der Waals surface area (Å²) < 4.78 is 7.31. The van der Waals surface area contributed by atoms with Crippen LogP contribution in [-0.4, -0.2) is 17.0 Å². The molecule has 0 atom stereocenters. The van der Waals surface area contributed by atoms with E-state index in [4.69, 9.17) is 9.84 Å². The van der Waals surface area contributed by atoms with Crippen molar-refractivity contribution in [3.05, 3.63) is 63.0 Å². The lowest BCUT2D eigenvalue weighted by Gasteiger charge is -2.15. The summed E-state index contributed by atoms with van der Waals surface area (Å²) >= 11 is 6.83. The SMILES string of the molecule is Cc1ccc2ccccc2c1Oc1c(Br)cc(NC(=O)C(=O)O)cc1Br. The highest BCUT2D eigenvalue weighted by Crippen LogP contribution is 2.42. The molecule has 0 saturated heterocycles. The van der Waals surface area contributed by atoms with Crippen molar-refractivity contribution >= 4 is 60.2 Å². The Morgan fingerprint density at radius 2 is 1.65 bits per heavy atom. The molecule has 0 aliphatic carbocycles. The smallest absolute Gasteiger partial charge is 0.394 e. The highest BCUT2D eigenvalue weighted by Gasteiger charge is 2.16. The summed E-state index contributed by atoms with van der Waals surface area (Å²) in [6, 6.07) is 15.1. The molecular formula is C19H13Br2NO4. The number of hydrogen-bond acceptors (Lipinski definition) is 3. The van der Waals surface area contributed by atoms with Crippen LogP contribution in [0.25, 0.3) is 10.8 Å². The molecule has 0 aromatic heterocycles. The molecule has 3 aromatic carbocycles. The molecule has 3 aromatic rings. The average molecular weight is 479 g/mol. The number of carbonyl (C=O) groups is 2. The molecule has 0 saturated carbocycles. The number of fused-ring (bicyclic) bond motifs is 1. The van der Waals surface area contributed by atoms with Gasteiger partial charge in [-0.1, -0.05) is 36.4 Å². The first-order chi connectivity index (χ1) is 12.4. The molecule has 0 aliphatic heterocycles. The van der Waals surface area contributed by atoms with Crippen molar-refractivity contribution in [1.82, 2.24) is 0 Å². The van der Waals surface area contributed by atoms with Gasteiger partial charge in [-0.3, -0.25) is 4.79 Å². The topological polar surface area (TPSA) is 75.6 Å². The molecule has 0 heterocycles. The van der Waals surface area contributed by atoms with Gasteiger partial charge in [0.15, 0.2) is 5.75 Å². The summed E-state index contributed by atoms with van der Waals surface area (Å²) in [4.78, 5) is 22.0. The van der Waals surface area contributed by atoms with Gasteiger partial charge in [-0.2, -0.15) is 0 Å². The summed E-state index contributed by atoms with van der Waals surface area (Å²) in [5.41, 5.74) is 1.31. The van der Waals surface area contributed by atoms with Gasteiger partial charge in [0.25, 0.3) is 0 Å². The van der Waals surface area contributed by atoms with E-state index in [1.54, 1.807) is 12.1 Å². The number of ether oxygens (including phenoxy) is 1. The number of aryl methyl sites for hydroxylation is 1. The minimum atomic E-state index is -1.55. The number of nitrogens with one attached hydrogen (secondary N) is 1. The van der Waals surface area contributed by atoms with Crippen molar-refractivity contribution in [2.24, 2.45) is 0 Å². The number of carbonyl (C=O) groups excluding carboxylic acids is 1. The van der Waals surface area contributed by atoms with Crippen LogP contribution in [-0.2, 0) is 9.59 Å². The zero-order valence-corrected chi connectivity index (χ0v) is 16.7. The van der Waals surface area contributed by atoms with Crippen molar-refractivity contribution in [1.29, 1.82) is 0 Å². The third kappa shape index (κ3) is 3.73. The van der Waals surface area contributed by atoms with Gasteiger partial charge in [0.2, 0.25) is 0 Å². The first-order valence-corrected chi connectivity index (χ1v) is 9.15. The highest BCUT2D eigenvalue weighted by molar-refractivity contribution is 9.11. The number of anilines is 1. The third-order valence-corrected chi connectivity index (χ3v) is 4.91. The van der Waals surface area contributed by atoms with Gasteiger partial charge in [0.05, 0.1) is 8.95 Å². The fourth-order valence-electron chi connectivity index (χ4n) is 2.50. The van der Waals surface area contributed by atoms with E-state index in [2.05, 4.69) is 37.2 Å². The van der Waals surface area contributed by atoms with Crippen LogP contribution in [0.2, 0.25) is 0 Å². The second-order valence-electron chi connectivity index (χ2n) is 5.56. The fourth-order valence-corrected chi connectivity index (χ4v) is 3.85. The normalized spacial score (nSPS) is 10.6. The summed E-state index contributed by atoms with van der Waals surface area (Å²) in [6.07, 6.45) is 0. The van der Waals surface area contributed by atoms with Crippen LogP contribution in [0.15, 0.2) is 57.5 Å². The van der Waals surface area contributed by atoms with E-state index in [0.29, 0.717) is 20.4 Å². The minimum absolute atomic E-state index is 0.332. The van der Waals surface area contributed by atoms with E-state index in [1.165, 1.54) is 0 Å². The van der Waals surface area contributed by atoms with E-state index in [-0.39, 0.29) is 0 Å². The zero-order valence-electron chi connectivity index (χ0n) is 13.5. The van der Waals surface area contributed by atoms with Crippen molar-refractivity contribution in [2.45, 2.75) is 6.92 Å². The summed E-state index contributed by atoms with van der Waals surface area (Å²) in [7, 11) is 0. The van der Waals surface area contributed by atoms with Gasteiger partial charge in [-0.05, 0) is 61.9 Å². The molecule has 0 bridgehead atoms. The molecule has 1 amide bonds. The average Bonchev–Trinajstić information content (AvgIpc) is 2.59. The Balaban J connectivity index is 2.00. The number of carboxylic acids is 1. The van der Waals surface area contributed by atoms with Crippen LogP contribution >= 0.6 is 31.9 Å². The predicted molar refractivity (Wildman–Crippen MR) is 107 cm³/mol. The van der Waals surface area contributed by atoms with Gasteiger partial charge in [0, 0.05) is 11.1 Å². The van der Waals surface area contributed by atoms with Gasteiger partial charge < -0.3 is 15.2 Å². The van der Waals surface area contributed by atoms with Crippen molar-refractivity contribution in [3.63, 3.8) is 0 Å². The lowest BCUT2D eigenvalue weighted by atomic mass is 10.1. The quantitative estimate of drug-likeness (QED) is 0.488. The van der Waals surface area contributed by atoms with E-state index in [1.807, 2.05) is 43.3 Å². The number of halogens is 2. The maximum atomic E-state index is 11.3. The lowest BCUT2D eigenvalue weighted by molar-refractivity contribution is -0.147. The standard InChI is InChI=1S/C19H13Br2NO4/c1-10-6-7-11-4-2-3-5-13(11)16(10)26-17-14(20)8-12(9-15(17)21)22-18(23)19(24)25/h2-9H,1H3,(H,22,23)(H,24,25). The Kier molecular flexibility index (Phi) is 5.29. The molecule has 2 N–H and O–H groups in total. The van der Waals surface area contributed by atoms with Crippen molar-refractivity contribution < 1.29 is 19.4 Å². The molecule has 7 heteroatoms.